The van der Waals surface area contributed by atoms with Crippen LogP contribution in [0.1, 0.15) is 19.8 Å². The van der Waals surface area contributed by atoms with Crippen molar-refractivity contribution in [3.8, 4) is 6.07 Å². The SMILES string of the molecule is CC1(C#N)CCN(S(=O)(=O)c2cnc[nH]2)CC1. The first-order valence-corrected chi connectivity index (χ1v) is 6.82. The number of imidazole rings is 1. The fourth-order valence-corrected chi connectivity index (χ4v) is 3.19. The fraction of sp³-hybridized carbons (Fsp3) is 0.600. The van der Waals surface area contributed by atoms with Gasteiger partial charge >= 0.3 is 0 Å². The number of H-pyrrole nitrogens is 1. The molecule has 0 spiro atoms. The molecule has 0 unspecified atom stereocenters. The van der Waals surface area contributed by atoms with E-state index in [9.17, 15) is 8.42 Å². The molecule has 0 amide bonds. The van der Waals surface area contributed by atoms with E-state index in [4.69, 9.17) is 5.26 Å². The smallest absolute Gasteiger partial charge is 0.260 e. The Morgan fingerprint density at radius 2 is 2.18 bits per heavy atom. The normalized spacial score (nSPS) is 20.9. The Balaban J connectivity index is 2.15. The highest BCUT2D eigenvalue weighted by molar-refractivity contribution is 7.89. The highest BCUT2D eigenvalue weighted by atomic mass is 32.2. The molecule has 1 aromatic heterocycles. The number of sulfonamides is 1. The van der Waals surface area contributed by atoms with Gasteiger partial charge in [-0.25, -0.2) is 13.4 Å². The molecular weight excluding hydrogens is 240 g/mol. The van der Waals surface area contributed by atoms with Gasteiger partial charge in [-0.1, -0.05) is 0 Å². The van der Waals surface area contributed by atoms with Crippen molar-refractivity contribution >= 4 is 10.0 Å². The Labute approximate surface area is 100 Å². The van der Waals surface area contributed by atoms with Crippen LogP contribution in [0.25, 0.3) is 0 Å². The van der Waals surface area contributed by atoms with Crippen LogP contribution in [-0.2, 0) is 10.0 Å². The second kappa shape index (κ2) is 4.13. The molecule has 1 fully saturated rings. The number of nitrogens with zero attached hydrogens (tertiary/aromatic N) is 3. The van der Waals surface area contributed by atoms with E-state index in [1.54, 1.807) is 0 Å². The van der Waals surface area contributed by atoms with Crippen molar-refractivity contribution in [2.24, 2.45) is 5.41 Å². The third-order valence-corrected chi connectivity index (χ3v) is 5.01. The molecule has 6 nitrogen and oxygen atoms in total. The van der Waals surface area contributed by atoms with Crippen molar-refractivity contribution in [2.75, 3.05) is 13.1 Å². The molecule has 1 aliphatic rings. The molecule has 0 radical (unpaired) electrons. The number of aromatic nitrogens is 2. The maximum Gasteiger partial charge on any atom is 0.260 e. The van der Waals surface area contributed by atoms with E-state index in [-0.39, 0.29) is 5.03 Å². The third-order valence-electron chi connectivity index (χ3n) is 3.19. The Morgan fingerprint density at radius 3 is 2.65 bits per heavy atom. The largest absolute Gasteiger partial charge is 0.335 e. The molecule has 0 aromatic carbocycles. The number of hydrogen-bond acceptors (Lipinski definition) is 4. The summed E-state index contributed by atoms with van der Waals surface area (Å²) in [4.78, 5) is 6.32. The van der Waals surface area contributed by atoms with Gasteiger partial charge in [0.15, 0.2) is 5.03 Å². The van der Waals surface area contributed by atoms with Crippen LogP contribution in [0.3, 0.4) is 0 Å². The lowest BCUT2D eigenvalue weighted by atomic mass is 9.83. The first-order valence-electron chi connectivity index (χ1n) is 5.38. The van der Waals surface area contributed by atoms with E-state index in [1.165, 1.54) is 16.8 Å². The van der Waals surface area contributed by atoms with Crippen LogP contribution < -0.4 is 0 Å². The molecule has 1 aliphatic heterocycles. The molecule has 0 atom stereocenters. The molecule has 0 aliphatic carbocycles. The van der Waals surface area contributed by atoms with Gasteiger partial charge in [0.1, 0.15) is 0 Å². The Kier molecular flexibility index (Phi) is 2.93. The molecule has 1 saturated heterocycles. The van der Waals surface area contributed by atoms with E-state index >= 15 is 0 Å². The molecule has 17 heavy (non-hydrogen) atoms. The minimum atomic E-state index is -3.47. The number of aromatic amines is 1. The number of piperidine rings is 1. The summed E-state index contributed by atoms with van der Waals surface area (Å²) in [6.45, 7) is 2.63. The zero-order valence-electron chi connectivity index (χ0n) is 9.55. The predicted octanol–water partition coefficient (Wildman–Crippen LogP) is 0.724. The van der Waals surface area contributed by atoms with E-state index in [1.807, 2.05) is 6.92 Å². The van der Waals surface area contributed by atoms with Crippen LogP contribution in [0.5, 0.6) is 0 Å². The summed E-state index contributed by atoms with van der Waals surface area (Å²) < 4.78 is 25.6. The second-order valence-corrected chi connectivity index (χ2v) is 6.40. The highest BCUT2D eigenvalue weighted by Gasteiger charge is 2.35. The molecule has 0 saturated carbocycles. The lowest BCUT2D eigenvalue weighted by Gasteiger charge is -2.33. The van der Waals surface area contributed by atoms with Crippen molar-refractivity contribution in [1.29, 1.82) is 5.26 Å². The van der Waals surface area contributed by atoms with Gasteiger partial charge in [-0.2, -0.15) is 9.57 Å². The van der Waals surface area contributed by atoms with E-state index in [2.05, 4.69) is 16.0 Å². The summed E-state index contributed by atoms with van der Waals surface area (Å²) in [5.74, 6) is 0. The third kappa shape index (κ3) is 2.18. The van der Waals surface area contributed by atoms with Crippen molar-refractivity contribution in [3.63, 3.8) is 0 Å². The van der Waals surface area contributed by atoms with Crippen LogP contribution in [0, 0.1) is 16.7 Å². The van der Waals surface area contributed by atoms with E-state index in [0.29, 0.717) is 25.9 Å². The van der Waals surface area contributed by atoms with Gasteiger partial charge in [0.2, 0.25) is 0 Å². The minimum Gasteiger partial charge on any atom is -0.335 e. The van der Waals surface area contributed by atoms with E-state index < -0.39 is 15.4 Å². The van der Waals surface area contributed by atoms with E-state index in [0.717, 1.165) is 0 Å². The first kappa shape index (κ1) is 12.1. The molecular formula is C10H14N4O2S. The molecule has 7 heteroatoms. The molecule has 92 valence electrons. The summed E-state index contributed by atoms with van der Waals surface area (Å²) in [6, 6.07) is 2.25. The zero-order chi connectivity index (χ0) is 12.5. The lowest BCUT2D eigenvalue weighted by Crippen LogP contribution is -2.41. The summed E-state index contributed by atoms with van der Waals surface area (Å²) >= 11 is 0. The average Bonchev–Trinajstić information content (AvgIpc) is 2.84. The summed E-state index contributed by atoms with van der Waals surface area (Å²) in [5, 5.41) is 9.10. The number of nitriles is 1. The highest BCUT2D eigenvalue weighted by Crippen LogP contribution is 2.31. The maximum atomic E-state index is 12.1. The van der Waals surface area contributed by atoms with Gasteiger partial charge < -0.3 is 4.98 Å². The zero-order valence-corrected chi connectivity index (χ0v) is 10.4. The maximum absolute atomic E-state index is 12.1. The Bertz CT molecular complexity index is 521. The minimum absolute atomic E-state index is 0.109. The van der Waals surface area contributed by atoms with Gasteiger partial charge in [0.05, 0.1) is 24.0 Å². The van der Waals surface area contributed by atoms with Crippen molar-refractivity contribution in [1.82, 2.24) is 14.3 Å². The fourth-order valence-electron chi connectivity index (χ4n) is 1.86. The van der Waals surface area contributed by atoms with Gasteiger partial charge in [-0.05, 0) is 19.8 Å². The first-order chi connectivity index (χ1) is 7.98. The molecule has 2 heterocycles. The van der Waals surface area contributed by atoms with Crippen molar-refractivity contribution < 1.29 is 8.42 Å². The monoisotopic (exact) mass is 254 g/mol. The summed E-state index contributed by atoms with van der Waals surface area (Å²) in [7, 11) is -3.47. The predicted molar refractivity (Wildman–Crippen MR) is 60.3 cm³/mol. The molecule has 1 N–H and O–H groups in total. The van der Waals surface area contributed by atoms with Crippen molar-refractivity contribution in [3.05, 3.63) is 12.5 Å². The molecule has 2 rings (SSSR count). The van der Waals surface area contributed by atoms with Crippen LogP contribution in [0.2, 0.25) is 0 Å². The van der Waals surface area contributed by atoms with Gasteiger partial charge in [-0.3, -0.25) is 0 Å². The van der Waals surface area contributed by atoms with Crippen molar-refractivity contribution in [2.45, 2.75) is 24.8 Å². The van der Waals surface area contributed by atoms with Gasteiger partial charge in [0.25, 0.3) is 10.0 Å². The Hall–Kier alpha value is -1.39. The summed E-state index contributed by atoms with van der Waals surface area (Å²) in [6.07, 6.45) is 3.78. The second-order valence-electron chi connectivity index (χ2n) is 4.49. The topological polar surface area (TPSA) is 89.8 Å². The quantitative estimate of drug-likeness (QED) is 0.842. The van der Waals surface area contributed by atoms with Gasteiger partial charge in [-0.15, -0.1) is 0 Å². The van der Waals surface area contributed by atoms with Crippen LogP contribution in [-0.4, -0.2) is 35.8 Å². The number of hydrogen-bond donors (Lipinski definition) is 1. The molecule has 0 bridgehead atoms. The standard InChI is InChI=1S/C10H14N4O2S/c1-10(7-11)2-4-14(5-3-10)17(15,16)9-6-12-8-13-9/h6,8H,2-5H2,1H3,(H,12,13). The Morgan fingerprint density at radius 1 is 1.53 bits per heavy atom. The number of nitrogens with one attached hydrogen (secondary N) is 1. The van der Waals surface area contributed by atoms with Crippen LogP contribution in [0.15, 0.2) is 17.6 Å². The lowest BCUT2D eigenvalue weighted by molar-refractivity contribution is 0.231. The van der Waals surface area contributed by atoms with Crippen LogP contribution in [0.4, 0.5) is 0 Å². The average molecular weight is 254 g/mol. The summed E-state index contributed by atoms with van der Waals surface area (Å²) in [5.41, 5.74) is -0.403. The van der Waals surface area contributed by atoms with Gasteiger partial charge in [0, 0.05) is 13.1 Å². The molecule has 1 aromatic rings. The van der Waals surface area contributed by atoms with Crippen LogP contribution >= 0.6 is 0 Å². The number of rotatable bonds is 2.